The Morgan fingerprint density at radius 2 is 2.07 bits per heavy atom. The van der Waals surface area contributed by atoms with E-state index in [-0.39, 0.29) is 0 Å². The van der Waals surface area contributed by atoms with Crippen molar-refractivity contribution in [3.8, 4) is 0 Å². The fraction of sp³-hybridized carbons (Fsp3) is 0.400. The quantitative estimate of drug-likeness (QED) is 0.652. The van der Waals surface area contributed by atoms with Gasteiger partial charge in [-0.2, -0.15) is 0 Å². The Bertz CT molecular complexity index is 314. The minimum absolute atomic E-state index is 0.525. The lowest BCUT2D eigenvalue weighted by atomic mass is 9.80. The van der Waals surface area contributed by atoms with Crippen molar-refractivity contribution in [1.29, 1.82) is 0 Å². The Balaban J connectivity index is 3.06. The van der Waals surface area contributed by atoms with Gasteiger partial charge in [0.25, 0.3) is 0 Å². The van der Waals surface area contributed by atoms with E-state index in [1.165, 1.54) is 6.08 Å². The van der Waals surface area contributed by atoms with Gasteiger partial charge in [-0.05, 0) is 13.3 Å². The van der Waals surface area contributed by atoms with Gasteiger partial charge in [0, 0.05) is 0 Å². The molecule has 1 aliphatic carbocycles. The molecule has 0 aromatic heterocycles. The molecule has 0 aromatic carbocycles. The molecule has 2 atom stereocenters. The Labute approximate surface area is 81.6 Å². The van der Waals surface area contributed by atoms with E-state index in [4.69, 9.17) is 10.2 Å². The highest BCUT2D eigenvalue weighted by Gasteiger charge is 2.35. The molecule has 4 nitrogen and oxygen atoms in total. The maximum Gasteiger partial charge on any atom is 0.311 e. The van der Waals surface area contributed by atoms with Crippen LogP contribution >= 0.6 is 0 Å². The molecule has 4 heteroatoms. The molecule has 76 valence electrons. The molecule has 2 N–H and O–H groups in total. The van der Waals surface area contributed by atoms with Crippen LogP contribution in [-0.2, 0) is 9.59 Å². The highest BCUT2D eigenvalue weighted by atomic mass is 16.4. The first-order chi connectivity index (χ1) is 6.57. The van der Waals surface area contributed by atoms with Crippen molar-refractivity contribution in [1.82, 2.24) is 0 Å². The maximum absolute atomic E-state index is 10.9. The molecule has 0 aromatic rings. The van der Waals surface area contributed by atoms with E-state index in [1.807, 2.05) is 0 Å². The second-order valence-electron chi connectivity index (χ2n) is 3.18. The van der Waals surface area contributed by atoms with Gasteiger partial charge in [-0.3, -0.25) is 9.59 Å². The van der Waals surface area contributed by atoms with E-state index in [0.717, 1.165) is 0 Å². The zero-order valence-corrected chi connectivity index (χ0v) is 7.80. The monoisotopic (exact) mass is 196 g/mol. The summed E-state index contributed by atoms with van der Waals surface area (Å²) >= 11 is 0. The molecular weight excluding hydrogens is 184 g/mol. The lowest BCUT2D eigenvalue weighted by molar-refractivity contribution is -0.150. The number of hydrogen-bond acceptors (Lipinski definition) is 2. The Kier molecular flexibility index (Phi) is 3.06. The summed E-state index contributed by atoms with van der Waals surface area (Å²) in [5.74, 6) is -4.02. The van der Waals surface area contributed by atoms with E-state index in [2.05, 4.69) is 0 Å². The highest BCUT2D eigenvalue weighted by Crippen LogP contribution is 2.30. The molecule has 2 unspecified atom stereocenters. The SMILES string of the molecule is CC=C1CC=CC(C(=O)O)C1C(=O)O. The fourth-order valence-corrected chi connectivity index (χ4v) is 1.65. The first-order valence-corrected chi connectivity index (χ1v) is 4.35. The average molecular weight is 196 g/mol. The van der Waals surface area contributed by atoms with Gasteiger partial charge in [-0.25, -0.2) is 0 Å². The molecule has 0 spiro atoms. The van der Waals surface area contributed by atoms with Crippen molar-refractivity contribution in [3.05, 3.63) is 23.8 Å². The van der Waals surface area contributed by atoms with Crippen LogP contribution in [-0.4, -0.2) is 22.2 Å². The first kappa shape index (κ1) is 10.5. The van der Waals surface area contributed by atoms with E-state index in [1.54, 1.807) is 19.1 Å². The van der Waals surface area contributed by atoms with Crippen LogP contribution in [0.3, 0.4) is 0 Å². The standard InChI is InChI=1S/C10H12O4/c1-2-6-4-3-5-7(9(11)12)8(6)10(13)14/h2-3,5,7-8H,4H2,1H3,(H,11,12)(H,13,14). The molecule has 0 fully saturated rings. The molecule has 0 bridgehead atoms. The molecule has 1 aliphatic rings. The molecule has 0 saturated heterocycles. The van der Waals surface area contributed by atoms with Gasteiger partial charge in [0.2, 0.25) is 0 Å². The summed E-state index contributed by atoms with van der Waals surface area (Å²) in [7, 11) is 0. The van der Waals surface area contributed by atoms with E-state index in [0.29, 0.717) is 12.0 Å². The fourth-order valence-electron chi connectivity index (χ4n) is 1.65. The van der Waals surface area contributed by atoms with Gasteiger partial charge in [-0.1, -0.05) is 23.8 Å². The first-order valence-electron chi connectivity index (χ1n) is 4.35. The highest BCUT2D eigenvalue weighted by molar-refractivity contribution is 5.84. The van der Waals surface area contributed by atoms with Crippen LogP contribution in [0.4, 0.5) is 0 Å². The molecule has 0 amide bonds. The average Bonchev–Trinajstić information content (AvgIpc) is 2.16. The Morgan fingerprint density at radius 1 is 1.43 bits per heavy atom. The predicted octanol–water partition coefficient (Wildman–Crippen LogP) is 1.29. The maximum atomic E-state index is 10.9. The number of hydrogen-bond donors (Lipinski definition) is 2. The summed E-state index contributed by atoms with van der Waals surface area (Å²) in [5.41, 5.74) is 0.660. The van der Waals surface area contributed by atoms with Crippen molar-refractivity contribution in [3.63, 3.8) is 0 Å². The summed E-state index contributed by atoms with van der Waals surface area (Å²) in [4.78, 5) is 21.7. The topological polar surface area (TPSA) is 74.6 Å². The molecule has 0 radical (unpaired) electrons. The minimum Gasteiger partial charge on any atom is -0.481 e. The number of carboxylic acids is 2. The van der Waals surface area contributed by atoms with Crippen LogP contribution in [0.25, 0.3) is 0 Å². The Morgan fingerprint density at radius 3 is 2.50 bits per heavy atom. The van der Waals surface area contributed by atoms with Gasteiger partial charge in [0.1, 0.15) is 0 Å². The van der Waals surface area contributed by atoms with Crippen molar-refractivity contribution in [2.75, 3.05) is 0 Å². The third-order valence-corrected chi connectivity index (χ3v) is 2.38. The normalized spacial score (nSPS) is 29.1. The third-order valence-electron chi connectivity index (χ3n) is 2.38. The summed E-state index contributed by atoms with van der Waals surface area (Å²) in [6.07, 6.45) is 5.36. The van der Waals surface area contributed by atoms with Gasteiger partial charge in [0.15, 0.2) is 0 Å². The number of rotatable bonds is 2. The number of carbonyl (C=O) groups is 2. The van der Waals surface area contributed by atoms with Crippen LogP contribution in [0.15, 0.2) is 23.8 Å². The van der Waals surface area contributed by atoms with E-state index >= 15 is 0 Å². The van der Waals surface area contributed by atoms with Crippen molar-refractivity contribution in [2.45, 2.75) is 13.3 Å². The molecular formula is C10H12O4. The second-order valence-corrected chi connectivity index (χ2v) is 3.18. The largest absolute Gasteiger partial charge is 0.481 e. The van der Waals surface area contributed by atoms with Crippen LogP contribution in [0.5, 0.6) is 0 Å². The van der Waals surface area contributed by atoms with Crippen LogP contribution in [0.1, 0.15) is 13.3 Å². The van der Waals surface area contributed by atoms with Gasteiger partial charge >= 0.3 is 11.9 Å². The zero-order chi connectivity index (χ0) is 10.7. The van der Waals surface area contributed by atoms with Gasteiger partial charge in [0.05, 0.1) is 11.8 Å². The van der Waals surface area contributed by atoms with Gasteiger partial charge in [-0.15, -0.1) is 0 Å². The molecule has 14 heavy (non-hydrogen) atoms. The number of carboxylic acid groups (broad SMARTS) is 2. The summed E-state index contributed by atoms with van der Waals surface area (Å²) in [6, 6.07) is 0. The van der Waals surface area contributed by atoms with Crippen molar-refractivity contribution >= 4 is 11.9 Å². The van der Waals surface area contributed by atoms with Crippen LogP contribution < -0.4 is 0 Å². The van der Waals surface area contributed by atoms with Crippen LogP contribution in [0, 0.1) is 11.8 Å². The minimum atomic E-state index is -1.09. The number of allylic oxidation sites excluding steroid dienone is 2. The zero-order valence-electron chi connectivity index (χ0n) is 7.80. The molecule has 1 rings (SSSR count). The third kappa shape index (κ3) is 1.84. The van der Waals surface area contributed by atoms with E-state index < -0.39 is 23.8 Å². The van der Waals surface area contributed by atoms with Gasteiger partial charge < -0.3 is 10.2 Å². The smallest absolute Gasteiger partial charge is 0.311 e. The van der Waals surface area contributed by atoms with Crippen LogP contribution in [0.2, 0.25) is 0 Å². The summed E-state index contributed by atoms with van der Waals surface area (Å²) < 4.78 is 0. The van der Waals surface area contributed by atoms with E-state index in [9.17, 15) is 9.59 Å². The lowest BCUT2D eigenvalue weighted by Crippen LogP contribution is -2.31. The summed E-state index contributed by atoms with van der Waals surface area (Å²) in [5, 5.41) is 17.8. The summed E-state index contributed by atoms with van der Waals surface area (Å²) in [6.45, 7) is 1.73. The second kappa shape index (κ2) is 4.09. The lowest BCUT2D eigenvalue weighted by Gasteiger charge is -2.23. The molecule has 0 heterocycles. The van der Waals surface area contributed by atoms with Crippen molar-refractivity contribution < 1.29 is 19.8 Å². The Hall–Kier alpha value is -1.58. The molecule has 0 aliphatic heterocycles. The predicted molar refractivity (Wildman–Crippen MR) is 49.8 cm³/mol. The van der Waals surface area contributed by atoms with Crippen molar-refractivity contribution in [2.24, 2.45) is 11.8 Å². The molecule has 0 saturated carbocycles. The number of aliphatic carboxylic acids is 2.